The molecule has 16 heavy (non-hydrogen) atoms. The van der Waals surface area contributed by atoms with Crippen molar-refractivity contribution < 1.29 is 4.74 Å². The molecule has 0 radical (unpaired) electrons. The van der Waals surface area contributed by atoms with Crippen molar-refractivity contribution in [2.45, 2.75) is 20.0 Å². The van der Waals surface area contributed by atoms with Gasteiger partial charge >= 0.3 is 0 Å². The highest BCUT2D eigenvalue weighted by molar-refractivity contribution is 5.30. The fourth-order valence-electron chi connectivity index (χ4n) is 1.47. The van der Waals surface area contributed by atoms with Crippen molar-refractivity contribution in [3.05, 3.63) is 66.8 Å². The van der Waals surface area contributed by atoms with Crippen LogP contribution >= 0.6 is 0 Å². The van der Waals surface area contributed by atoms with Crippen LogP contribution in [0.15, 0.2) is 61.2 Å². The first-order chi connectivity index (χ1) is 7.67. The van der Waals surface area contributed by atoms with Gasteiger partial charge in [-0.15, -0.1) is 0 Å². The van der Waals surface area contributed by atoms with Crippen LogP contribution in [0.25, 0.3) is 0 Å². The molecule has 1 aromatic carbocycles. The molecule has 0 aliphatic heterocycles. The Hall–Kier alpha value is -1.76. The Bertz CT molecular complexity index is 402. The SMILES string of the molecule is C=CC=C(C=C)C(C)Oc1cccc(C)c1. The third-order valence-corrected chi connectivity index (χ3v) is 2.32. The summed E-state index contributed by atoms with van der Waals surface area (Å²) in [7, 11) is 0. The molecule has 1 nitrogen and oxygen atoms in total. The van der Waals surface area contributed by atoms with Crippen LogP contribution < -0.4 is 4.74 Å². The zero-order valence-electron chi connectivity index (χ0n) is 9.94. The molecule has 84 valence electrons. The normalized spacial score (nSPS) is 13.0. The molecule has 0 spiro atoms. The molecule has 1 atom stereocenters. The van der Waals surface area contributed by atoms with Gasteiger partial charge in [0.05, 0.1) is 0 Å². The van der Waals surface area contributed by atoms with Gasteiger partial charge in [0.15, 0.2) is 0 Å². The number of aryl methyl sites for hydroxylation is 1. The summed E-state index contributed by atoms with van der Waals surface area (Å²) in [6.07, 6.45) is 5.43. The summed E-state index contributed by atoms with van der Waals surface area (Å²) in [5, 5.41) is 0. The molecular formula is C15H18O. The average Bonchev–Trinajstić information content (AvgIpc) is 2.25. The minimum atomic E-state index is -0.0164. The maximum atomic E-state index is 5.81. The maximum Gasteiger partial charge on any atom is 0.121 e. The molecule has 1 aromatic rings. The van der Waals surface area contributed by atoms with Crippen molar-refractivity contribution in [2.75, 3.05) is 0 Å². The number of hydrogen-bond acceptors (Lipinski definition) is 1. The smallest absolute Gasteiger partial charge is 0.121 e. The number of allylic oxidation sites excluding steroid dienone is 2. The minimum absolute atomic E-state index is 0.0164. The largest absolute Gasteiger partial charge is 0.486 e. The molecule has 0 saturated heterocycles. The monoisotopic (exact) mass is 214 g/mol. The predicted molar refractivity (Wildman–Crippen MR) is 69.7 cm³/mol. The van der Waals surface area contributed by atoms with Crippen molar-refractivity contribution in [2.24, 2.45) is 0 Å². The average molecular weight is 214 g/mol. The van der Waals surface area contributed by atoms with Crippen molar-refractivity contribution >= 4 is 0 Å². The van der Waals surface area contributed by atoms with Gasteiger partial charge < -0.3 is 4.74 Å². The zero-order valence-corrected chi connectivity index (χ0v) is 9.94. The fraction of sp³-hybridized carbons (Fsp3) is 0.200. The van der Waals surface area contributed by atoms with Crippen LogP contribution in [-0.4, -0.2) is 6.10 Å². The summed E-state index contributed by atoms with van der Waals surface area (Å²) in [5.74, 6) is 0.879. The van der Waals surface area contributed by atoms with E-state index in [0.29, 0.717) is 0 Å². The Balaban J connectivity index is 2.77. The van der Waals surface area contributed by atoms with Gasteiger partial charge in [0, 0.05) is 0 Å². The van der Waals surface area contributed by atoms with Crippen LogP contribution in [0.3, 0.4) is 0 Å². The van der Waals surface area contributed by atoms with Crippen LogP contribution in [0, 0.1) is 6.92 Å². The van der Waals surface area contributed by atoms with E-state index < -0.39 is 0 Å². The molecule has 1 unspecified atom stereocenters. The fourth-order valence-corrected chi connectivity index (χ4v) is 1.47. The topological polar surface area (TPSA) is 9.23 Å². The van der Waals surface area contributed by atoms with E-state index in [4.69, 9.17) is 4.74 Å². The van der Waals surface area contributed by atoms with Gasteiger partial charge in [-0.3, -0.25) is 0 Å². The van der Waals surface area contributed by atoms with Gasteiger partial charge in [-0.05, 0) is 37.1 Å². The number of rotatable bonds is 5. The van der Waals surface area contributed by atoms with Gasteiger partial charge in [0.1, 0.15) is 11.9 Å². The van der Waals surface area contributed by atoms with Crippen molar-refractivity contribution in [1.82, 2.24) is 0 Å². The first-order valence-corrected chi connectivity index (χ1v) is 5.35. The number of hydrogen-bond donors (Lipinski definition) is 0. The van der Waals surface area contributed by atoms with Gasteiger partial charge in [-0.1, -0.05) is 43.5 Å². The van der Waals surface area contributed by atoms with Crippen LogP contribution in [0.5, 0.6) is 5.75 Å². The summed E-state index contributed by atoms with van der Waals surface area (Å²) >= 11 is 0. The van der Waals surface area contributed by atoms with Crippen molar-refractivity contribution in [1.29, 1.82) is 0 Å². The first-order valence-electron chi connectivity index (χ1n) is 5.35. The van der Waals surface area contributed by atoms with E-state index in [0.717, 1.165) is 11.3 Å². The lowest BCUT2D eigenvalue weighted by molar-refractivity contribution is 0.261. The molecule has 0 N–H and O–H groups in total. The van der Waals surface area contributed by atoms with Gasteiger partial charge in [0.25, 0.3) is 0 Å². The van der Waals surface area contributed by atoms with Crippen molar-refractivity contribution in [3.8, 4) is 5.75 Å². The molecule has 0 aliphatic rings. The molecular weight excluding hydrogens is 196 g/mol. The summed E-state index contributed by atoms with van der Waals surface area (Å²) < 4.78 is 5.81. The van der Waals surface area contributed by atoms with Crippen LogP contribution in [-0.2, 0) is 0 Å². The molecule has 0 heterocycles. The third kappa shape index (κ3) is 3.43. The molecule has 0 fully saturated rings. The van der Waals surface area contributed by atoms with Gasteiger partial charge in [0.2, 0.25) is 0 Å². The van der Waals surface area contributed by atoms with Crippen LogP contribution in [0.1, 0.15) is 12.5 Å². The van der Waals surface area contributed by atoms with E-state index in [1.807, 2.05) is 44.2 Å². The molecule has 0 saturated carbocycles. The molecule has 0 aliphatic carbocycles. The Morgan fingerprint density at radius 1 is 1.38 bits per heavy atom. The van der Waals surface area contributed by atoms with Crippen LogP contribution in [0.4, 0.5) is 0 Å². The lowest BCUT2D eigenvalue weighted by Crippen LogP contribution is -2.13. The van der Waals surface area contributed by atoms with E-state index in [2.05, 4.69) is 13.2 Å². The number of benzene rings is 1. The summed E-state index contributed by atoms with van der Waals surface area (Å²) in [5.41, 5.74) is 2.22. The van der Waals surface area contributed by atoms with E-state index >= 15 is 0 Å². The lowest BCUT2D eigenvalue weighted by Gasteiger charge is -2.15. The second-order valence-corrected chi connectivity index (χ2v) is 3.68. The third-order valence-electron chi connectivity index (χ3n) is 2.32. The molecule has 1 rings (SSSR count). The standard InChI is InChI=1S/C15H18O/c1-5-8-14(6-2)13(4)16-15-10-7-9-12(3)11-15/h5-11,13H,1-2H2,3-4H3. The quantitative estimate of drug-likeness (QED) is 0.672. The summed E-state index contributed by atoms with van der Waals surface area (Å²) in [6.45, 7) is 11.5. The molecule has 0 amide bonds. The Kier molecular flexibility index (Phi) is 4.59. The van der Waals surface area contributed by atoms with E-state index in [-0.39, 0.29) is 6.10 Å². The first kappa shape index (κ1) is 12.3. The van der Waals surface area contributed by atoms with E-state index in [9.17, 15) is 0 Å². The predicted octanol–water partition coefficient (Wildman–Crippen LogP) is 4.06. The van der Waals surface area contributed by atoms with Crippen molar-refractivity contribution in [3.63, 3.8) is 0 Å². The zero-order chi connectivity index (χ0) is 12.0. The highest BCUT2D eigenvalue weighted by atomic mass is 16.5. The second-order valence-electron chi connectivity index (χ2n) is 3.68. The second kappa shape index (κ2) is 5.96. The molecule has 0 bridgehead atoms. The molecule has 1 heteroatoms. The Morgan fingerprint density at radius 2 is 2.12 bits per heavy atom. The summed E-state index contributed by atoms with van der Waals surface area (Å²) in [6, 6.07) is 8.01. The highest BCUT2D eigenvalue weighted by Crippen LogP contribution is 2.17. The van der Waals surface area contributed by atoms with Gasteiger partial charge in [-0.25, -0.2) is 0 Å². The van der Waals surface area contributed by atoms with Crippen LogP contribution in [0.2, 0.25) is 0 Å². The Labute approximate surface area is 97.8 Å². The minimum Gasteiger partial charge on any atom is -0.486 e. The summed E-state index contributed by atoms with van der Waals surface area (Å²) in [4.78, 5) is 0. The van der Waals surface area contributed by atoms with E-state index in [1.165, 1.54) is 5.56 Å². The van der Waals surface area contributed by atoms with Gasteiger partial charge in [-0.2, -0.15) is 0 Å². The lowest BCUT2D eigenvalue weighted by atomic mass is 10.1. The highest BCUT2D eigenvalue weighted by Gasteiger charge is 2.06. The van der Waals surface area contributed by atoms with E-state index in [1.54, 1.807) is 12.2 Å². The molecule has 0 aromatic heterocycles. The maximum absolute atomic E-state index is 5.81. The number of ether oxygens (including phenoxy) is 1. The Morgan fingerprint density at radius 3 is 2.69 bits per heavy atom.